The number of methoxy groups -OCH3 is 1. The highest BCUT2D eigenvalue weighted by molar-refractivity contribution is 9.10. The van der Waals surface area contributed by atoms with Gasteiger partial charge in [-0.3, -0.25) is 0 Å². The van der Waals surface area contributed by atoms with Gasteiger partial charge in [-0.15, -0.1) is 12.4 Å². The molecule has 5 heteroatoms. The Morgan fingerprint density at radius 2 is 2.13 bits per heavy atom. The fraction of sp³-hybridized carbons (Fsp3) is 0.400. The van der Waals surface area contributed by atoms with Crippen LogP contribution in [0.25, 0.3) is 0 Å². The maximum Gasteiger partial charge on any atom is 0.119 e. The Morgan fingerprint density at radius 1 is 1.47 bits per heavy atom. The molecule has 3 nitrogen and oxygen atoms in total. The molecule has 1 atom stereocenters. The average molecular weight is 296 g/mol. The Labute approximate surface area is 105 Å². The zero-order valence-corrected chi connectivity index (χ0v) is 11.0. The highest BCUT2D eigenvalue weighted by Crippen LogP contribution is 2.27. The van der Waals surface area contributed by atoms with Crippen molar-refractivity contribution in [3.63, 3.8) is 0 Å². The molecule has 15 heavy (non-hydrogen) atoms. The number of benzene rings is 1. The van der Waals surface area contributed by atoms with Crippen LogP contribution in [0.1, 0.15) is 18.0 Å². The summed E-state index contributed by atoms with van der Waals surface area (Å²) in [7, 11) is 1.64. The van der Waals surface area contributed by atoms with Crippen molar-refractivity contribution in [3.05, 3.63) is 28.2 Å². The van der Waals surface area contributed by atoms with Gasteiger partial charge in [-0.05, 0) is 36.7 Å². The van der Waals surface area contributed by atoms with E-state index in [4.69, 9.17) is 16.2 Å². The number of hydrogen-bond acceptors (Lipinski definition) is 3. The van der Waals surface area contributed by atoms with Gasteiger partial charge >= 0.3 is 0 Å². The van der Waals surface area contributed by atoms with Gasteiger partial charge in [0.1, 0.15) is 5.75 Å². The summed E-state index contributed by atoms with van der Waals surface area (Å²) in [6, 6.07) is 5.72. The fourth-order valence-corrected chi connectivity index (χ4v) is 1.81. The van der Waals surface area contributed by atoms with Crippen LogP contribution in [-0.4, -0.2) is 13.7 Å². The number of ether oxygens (including phenoxy) is 1. The Kier molecular flexibility index (Phi) is 6.92. The van der Waals surface area contributed by atoms with Crippen LogP contribution in [-0.2, 0) is 0 Å². The number of hydrogen-bond donors (Lipinski definition) is 2. The van der Waals surface area contributed by atoms with Crippen LogP contribution in [0.3, 0.4) is 0 Å². The highest BCUT2D eigenvalue weighted by Gasteiger charge is 2.09. The lowest BCUT2D eigenvalue weighted by molar-refractivity contribution is 0.413. The van der Waals surface area contributed by atoms with Crippen LogP contribution in [0, 0.1) is 0 Å². The fourth-order valence-electron chi connectivity index (χ4n) is 1.27. The maximum atomic E-state index is 5.96. The van der Waals surface area contributed by atoms with Crippen molar-refractivity contribution in [3.8, 4) is 5.75 Å². The normalized spacial score (nSPS) is 11.7. The second-order valence-electron chi connectivity index (χ2n) is 3.07. The van der Waals surface area contributed by atoms with Crippen molar-refractivity contribution in [2.75, 3.05) is 13.7 Å². The third kappa shape index (κ3) is 3.99. The summed E-state index contributed by atoms with van der Waals surface area (Å²) in [4.78, 5) is 0. The zero-order chi connectivity index (χ0) is 10.6. The third-order valence-electron chi connectivity index (χ3n) is 2.08. The predicted molar refractivity (Wildman–Crippen MR) is 68.5 cm³/mol. The predicted octanol–water partition coefficient (Wildman–Crippen LogP) is 2.23. The molecule has 0 saturated heterocycles. The molecule has 4 N–H and O–H groups in total. The molecule has 0 spiro atoms. The smallest absolute Gasteiger partial charge is 0.119 e. The molecule has 86 valence electrons. The van der Waals surface area contributed by atoms with E-state index in [1.165, 1.54) is 0 Å². The standard InChI is InChI=1S/C10H15BrN2O.ClH/c1-14-7-2-3-9(11)8(6-7)10(13)4-5-12;/h2-3,6,10H,4-5,12-13H2,1H3;1H/t10-;/m1./s1. The Bertz CT molecular complexity index is 309. The van der Waals surface area contributed by atoms with Gasteiger partial charge in [0.2, 0.25) is 0 Å². The lowest BCUT2D eigenvalue weighted by atomic mass is 10.0. The van der Waals surface area contributed by atoms with Crippen molar-refractivity contribution in [1.29, 1.82) is 0 Å². The summed E-state index contributed by atoms with van der Waals surface area (Å²) in [5.41, 5.74) is 12.5. The zero-order valence-electron chi connectivity index (χ0n) is 8.57. The van der Waals surface area contributed by atoms with Gasteiger partial charge in [-0.1, -0.05) is 15.9 Å². The molecular weight excluding hydrogens is 279 g/mol. The second kappa shape index (κ2) is 7.06. The number of nitrogens with two attached hydrogens (primary N) is 2. The highest BCUT2D eigenvalue weighted by atomic mass is 79.9. The van der Waals surface area contributed by atoms with Crippen LogP contribution in [0.2, 0.25) is 0 Å². The molecule has 0 heterocycles. The first-order valence-corrected chi connectivity index (χ1v) is 5.27. The van der Waals surface area contributed by atoms with Gasteiger partial charge in [0.05, 0.1) is 7.11 Å². The third-order valence-corrected chi connectivity index (χ3v) is 2.80. The first-order chi connectivity index (χ1) is 6.69. The van der Waals surface area contributed by atoms with E-state index in [9.17, 15) is 0 Å². The first kappa shape index (κ1) is 14.7. The van der Waals surface area contributed by atoms with Crippen molar-refractivity contribution in [2.24, 2.45) is 11.5 Å². The first-order valence-electron chi connectivity index (χ1n) is 4.48. The van der Waals surface area contributed by atoms with Crippen LogP contribution >= 0.6 is 28.3 Å². The minimum absolute atomic E-state index is 0. The number of halogens is 2. The summed E-state index contributed by atoms with van der Waals surface area (Å²) in [5, 5.41) is 0. The molecule has 0 aliphatic carbocycles. The molecule has 0 aliphatic heterocycles. The molecule has 0 aliphatic rings. The molecule has 0 saturated carbocycles. The average Bonchev–Trinajstić information content (AvgIpc) is 2.19. The van der Waals surface area contributed by atoms with E-state index in [2.05, 4.69) is 15.9 Å². The van der Waals surface area contributed by atoms with Crippen LogP contribution < -0.4 is 16.2 Å². The van der Waals surface area contributed by atoms with Crippen molar-refractivity contribution in [2.45, 2.75) is 12.5 Å². The summed E-state index contributed by atoms with van der Waals surface area (Å²) in [6.07, 6.45) is 0.770. The van der Waals surface area contributed by atoms with Gasteiger partial charge in [-0.2, -0.15) is 0 Å². The quantitative estimate of drug-likeness (QED) is 0.895. The minimum Gasteiger partial charge on any atom is -0.497 e. The molecular formula is C10H16BrClN2O. The summed E-state index contributed by atoms with van der Waals surface area (Å²) >= 11 is 3.45. The molecule has 1 aromatic carbocycles. The molecule has 1 rings (SSSR count). The lowest BCUT2D eigenvalue weighted by Crippen LogP contribution is -2.15. The Balaban J connectivity index is 0.00000196. The van der Waals surface area contributed by atoms with Gasteiger partial charge in [0, 0.05) is 10.5 Å². The molecule has 0 bridgehead atoms. The molecule has 0 aromatic heterocycles. The van der Waals surface area contributed by atoms with E-state index < -0.39 is 0 Å². The molecule has 0 fully saturated rings. The van der Waals surface area contributed by atoms with Crippen LogP contribution in [0.15, 0.2) is 22.7 Å². The van der Waals surface area contributed by atoms with E-state index in [0.717, 1.165) is 22.2 Å². The second-order valence-corrected chi connectivity index (χ2v) is 3.93. The summed E-state index contributed by atoms with van der Waals surface area (Å²) < 4.78 is 6.13. The van der Waals surface area contributed by atoms with Gasteiger partial charge < -0.3 is 16.2 Å². The summed E-state index contributed by atoms with van der Waals surface area (Å²) in [6.45, 7) is 0.588. The SMILES string of the molecule is COc1ccc(Br)c([C@H](N)CCN)c1.Cl. The summed E-state index contributed by atoms with van der Waals surface area (Å²) in [5.74, 6) is 0.815. The topological polar surface area (TPSA) is 61.3 Å². The van der Waals surface area contributed by atoms with Gasteiger partial charge in [-0.25, -0.2) is 0 Å². The molecule has 0 unspecified atom stereocenters. The van der Waals surface area contributed by atoms with Crippen molar-refractivity contribution >= 4 is 28.3 Å². The molecule has 0 amide bonds. The minimum atomic E-state index is -0.0375. The van der Waals surface area contributed by atoms with Crippen LogP contribution in [0.5, 0.6) is 5.75 Å². The largest absolute Gasteiger partial charge is 0.497 e. The lowest BCUT2D eigenvalue weighted by Gasteiger charge is -2.13. The van der Waals surface area contributed by atoms with Crippen molar-refractivity contribution < 1.29 is 4.74 Å². The van der Waals surface area contributed by atoms with Gasteiger partial charge in [0.25, 0.3) is 0 Å². The van der Waals surface area contributed by atoms with Crippen LogP contribution in [0.4, 0.5) is 0 Å². The number of rotatable bonds is 4. The van der Waals surface area contributed by atoms with Gasteiger partial charge in [0.15, 0.2) is 0 Å². The van der Waals surface area contributed by atoms with Crippen molar-refractivity contribution in [1.82, 2.24) is 0 Å². The van der Waals surface area contributed by atoms with E-state index in [-0.39, 0.29) is 18.4 Å². The van der Waals surface area contributed by atoms with E-state index in [0.29, 0.717) is 6.54 Å². The molecule has 1 aromatic rings. The Hall–Kier alpha value is -0.290. The maximum absolute atomic E-state index is 5.96. The monoisotopic (exact) mass is 294 g/mol. The molecule has 0 radical (unpaired) electrons. The Morgan fingerprint density at radius 3 is 2.67 bits per heavy atom. The van der Waals surface area contributed by atoms with E-state index in [1.807, 2.05) is 18.2 Å². The van der Waals surface area contributed by atoms with E-state index in [1.54, 1.807) is 7.11 Å². The van der Waals surface area contributed by atoms with E-state index >= 15 is 0 Å².